The first-order valence-electron chi connectivity index (χ1n) is 5.75. The molecular formula is C14H11Br2FN2S. The first-order valence-corrected chi connectivity index (χ1v) is 7.75. The van der Waals surface area contributed by atoms with Crippen molar-refractivity contribution in [2.24, 2.45) is 5.73 Å². The van der Waals surface area contributed by atoms with Gasteiger partial charge in [-0.05, 0) is 39.7 Å². The molecule has 0 amide bonds. The summed E-state index contributed by atoms with van der Waals surface area (Å²) in [5, 5.41) is 3.06. The predicted octanol–water partition coefficient (Wildman–Crippen LogP) is 4.60. The van der Waals surface area contributed by atoms with Gasteiger partial charge >= 0.3 is 0 Å². The molecule has 0 bridgehead atoms. The van der Waals surface area contributed by atoms with Crippen LogP contribution in [0.15, 0.2) is 45.3 Å². The second kappa shape index (κ2) is 6.65. The van der Waals surface area contributed by atoms with Gasteiger partial charge in [0.15, 0.2) is 5.82 Å². The minimum Gasteiger partial charge on any atom is -0.389 e. The number of nitrogens with one attached hydrogen (secondary N) is 1. The van der Waals surface area contributed by atoms with Crippen LogP contribution in [-0.4, -0.2) is 4.99 Å². The Morgan fingerprint density at radius 1 is 1.20 bits per heavy atom. The van der Waals surface area contributed by atoms with Crippen LogP contribution < -0.4 is 11.1 Å². The van der Waals surface area contributed by atoms with Crippen molar-refractivity contribution < 1.29 is 4.39 Å². The van der Waals surface area contributed by atoms with Crippen molar-refractivity contribution in [1.29, 1.82) is 0 Å². The maximum atomic E-state index is 14.2. The number of thiocarbonyl (C=S) groups is 1. The number of halogens is 3. The zero-order valence-electron chi connectivity index (χ0n) is 10.3. The van der Waals surface area contributed by atoms with E-state index in [1.54, 1.807) is 12.1 Å². The normalized spacial score (nSPS) is 10.3. The van der Waals surface area contributed by atoms with Gasteiger partial charge < -0.3 is 11.1 Å². The summed E-state index contributed by atoms with van der Waals surface area (Å²) in [6, 6.07) is 11.1. The second-order valence-corrected chi connectivity index (χ2v) is 6.19. The van der Waals surface area contributed by atoms with Crippen molar-refractivity contribution in [3.63, 3.8) is 0 Å². The van der Waals surface area contributed by atoms with Crippen LogP contribution in [0, 0.1) is 5.82 Å². The van der Waals surface area contributed by atoms with Gasteiger partial charge in [0, 0.05) is 16.6 Å². The monoisotopic (exact) mass is 416 g/mol. The number of hydrogen-bond acceptors (Lipinski definition) is 2. The fraction of sp³-hybridized carbons (Fsp3) is 0.0714. The van der Waals surface area contributed by atoms with Crippen LogP contribution in [0.5, 0.6) is 0 Å². The van der Waals surface area contributed by atoms with E-state index in [0.29, 0.717) is 17.8 Å². The van der Waals surface area contributed by atoms with E-state index < -0.39 is 5.82 Å². The van der Waals surface area contributed by atoms with Crippen LogP contribution in [0.1, 0.15) is 11.1 Å². The SMILES string of the molecule is NC(=S)c1ccc(NCc2ccccc2Br)c(F)c1Br. The summed E-state index contributed by atoms with van der Waals surface area (Å²) in [4.78, 5) is 0.160. The topological polar surface area (TPSA) is 38.0 Å². The Hall–Kier alpha value is -0.980. The van der Waals surface area contributed by atoms with Gasteiger partial charge in [-0.2, -0.15) is 0 Å². The number of anilines is 1. The van der Waals surface area contributed by atoms with Gasteiger partial charge in [0.1, 0.15) is 4.99 Å². The highest BCUT2D eigenvalue weighted by Gasteiger charge is 2.12. The van der Waals surface area contributed by atoms with Gasteiger partial charge in [-0.15, -0.1) is 0 Å². The third-order valence-corrected chi connectivity index (χ3v) is 4.54. The zero-order valence-corrected chi connectivity index (χ0v) is 14.3. The van der Waals surface area contributed by atoms with E-state index in [4.69, 9.17) is 18.0 Å². The molecule has 0 atom stereocenters. The Balaban J connectivity index is 2.21. The molecule has 3 N–H and O–H groups in total. The number of nitrogens with two attached hydrogens (primary N) is 1. The van der Waals surface area contributed by atoms with Crippen LogP contribution in [0.25, 0.3) is 0 Å². The Labute approximate surface area is 138 Å². The number of rotatable bonds is 4. The molecule has 0 unspecified atom stereocenters. The summed E-state index contributed by atoms with van der Waals surface area (Å²) >= 11 is 11.5. The summed E-state index contributed by atoms with van der Waals surface area (Å²) in [7, 11) is 0. The molecule has 2 aromatic carbocycles. The van der Waals surface area contributed by atoms with Crippen LogP contribution >= 0.6 is 44.1 Å². The number of benzene rings is 2. The summed E-state index contributed by atoms with van der Waals surface area (Å²) in [5.41, 5.74) is 7.46. The standard InChI is InChI=1S/C14H11Br2FN2S/c15-10-4-2-1-3-8(10)7-19-11-6-5-9(14(18)20)12(16)13(11)17/h1-6,19H,7H2,(H2,18,20). The lowest BCUT2D eigenvalue weighted by molar-refractivity contribution is 0.623. The van der Waals surface area contributed by atoms with Crippen LogP contribution in [-0.2, 0) is 6.54 Å². The molecule has 0 aromatic heterocycles. The molecule has 0 aliphatic rings. The fourth-order valence-corrected chi connectivity index (χ4v) is 2.99. The minimum atomic E-state index is -0.401. The smallest absolute Gasteiger partial charge is 0.161 e. The van der Waals surface area contributed by atoms with Gasteiger partial charge in [0.25, 0.3) is 0 Å². The lowest BCUT2D eigenvalue weighted by atomic mass is 10.2. The van der Waals surface area contributed by atoms with E-state index in [1.807, 2.05) is 24.3 Å². The van der Waals surface area contributed by atoms with E-state index >= 15 is 0 Å². The van der Waals surface area contributed by atoms with Crippen LogP contribution in [0.2, 0.25) is 0 Å². The molecule has 2 nitrogen and oxygen atoms in total. The summed E-state index contributed by atoms with van der Waals surface area (Å²) in [6.45, 7) is 0.511. The Bertz CT molecular complexity index is 662. The molecule has 2 aromatic rings. The maximum Gasteiger partial charge on any atom is 0.161 e. The average Bonchev–Trinajstić information content (AvgIpc) is 2.41. The van der Waals surface area contributed by atoms with Crippen LogP contribution in [0.4, 0.5) is 10.1 Å². The van der Waals surface area contributed by atoms with Crippen LogP contribution in [0.3, 0.4) is 0 Å². The molecular weight excluding hydrogens is 407 g/mol. The minimum absolute atomic E-state index is 0.160. The maximum absolute atomic E-state index is 14.2. The molecule has 0 radical (unpaired) electrons. The van der Waals surface area contributed by atoms with Crippen molar-refractivity contribution >= 4 is 54.8 Å². The van der Waals surface area contributed by atoms with E-state index in [2.05, 4.69) is 37.2 Å². The molecule has 6 heteroatoms. The quantitative estimate of drug-likeness (QED) is 0.714. The second-order valence-electron chi connectivity index (χ2n) is 4.10. The Kier molecular flexibility index (Phi) is 5.12. The van der Waals surface area contributed by atoms with E-state index in [9.17, 15) is 4.39 Å². The van der Waals surface area contributed by atoms with Crippen molar-refractivity contribution in [3.8, 4) is 0 Å². The molecule has 0 fully saturated rings. The predicted molar refractivity (Wildman–Crippen MR) is 91.5 cm³/mol. The molecule has 0 saturated carbocycles. The summed E-state index contributed by atoms with van der Waals surface area (Å²) < 4.78 is 15.4. The van der Waals surface area contributed by atoms with E-state index in [0.717, 1.165) is 10.0 Å². The molecule has 0 aliphatic carbocycles. The van der Waals surface area contributed by atoms with Gasteiger partial charge in [-0.3, -0.25) is 0 Å². The number of hydrogen-bond donors (Lipinski definition) is 2. The molecule has 20 heavy (non-hydrogen) atoms. The molecule has 104 valence electrons. The van der Waals surface area contributed by atoms with Gasteiger partial charge in [-0.25, -0.2) is 4.39 Å². The van der Waals surface area contributed by atoms with E-state index in [-0.39, 0.29) is 9.46 Å². The highest BCUT2D eigenvalue weighted by molar-refractivity contribution is 9.10. The third kappa shape index (κ3) is 3.37. The first kappa shape index (κ1) is 15.4. The summed E-state index contributed by atoms with van der Waals surface area (Å²) in [5.74, 6) is -0.401. The van der Waals surface area contributed by atoms with Crippen molar-refractivity contribution in [1.82, 2.24) is 0 Å². The molecule has 2 rings (SSSR count). The lowest BCUT2D eigenvalue weighted by Crippen LogP contribution is -2.12. The van der Waals surface area contributed by atoms with Crippen molar-refractivity contribution in [2.45, 2.75) is 6.54 Å². The largest absolute Gasteiger partial charge is 0.389 e. The Morgan fingerprint density at radius 3 is 2.55 bits per heavy atom. The fourth-order valence-electron chi connectivity index (χ4n) is 1.71. The van der Waals surface area contributed by atoms with E-state index in [1.165, 1.54) is 0 Å². The highest BCUT2D eigenvalue weighted by atomic mass is 79.9. The molecule has 0 aliphatic heterocycles. The lowest BCUT2D eigenvalue weighted by Gasteiger charge is -2.12. The van der Waals surface area contributed by atoms with Crippen molar-refractivity contribution in [2.75, 3.05) is 5.32 Å². The van der Waals surface area contributed by atoms with Crippen molar-refractivity contribution in [3.05, 3.63) is 62.3 Å². The molecule has 0 spiro atoms. The highest BCUT2D eigenvalue weighted by Crippen LogP contribution is 2.28. The first-order chi connectivity index (χ1) is 9.50. The summed E-state index contributed by atoms with van der Waals surface area (Å²) in [6.07, 6.45) is 0. The third-order valence-electron chi connectivity index (χ3n) is 2.77. The van der Waals surface area contributed by atoms with Gasteiger partial charge in [0.05, 0.1) is 10.2 Å². The zero-order chi connectivity index (χ0) is 14.7. The average molecular weight is 418 g/mol. The molecule has 0 heterocycles. The van der Waals surface area contributed by atoms with Gasteiger partial charge in [-0.1, -0.05) is 46.3 Å². The van der Waals surface area contributed by atoms with Gasteiger partial charge in [0.2, 0.25) is 0 Å². The molecule has 0 saturated heterocycles. The Morgan fingerprint density at radius 2 is 1.90 bits per heavy atom.